The quantitative estimate of drug-likeness (QED) is 0.480. The standard InChI is InChI=1S/C15H15ClFNOS/c16-11-2-4-14(5-3-11)19-6-1-7-20-15-9-12(17)8-13(18)10-15/h2-5,8-10H,1,6-7,18H2. The number of benzene rings is 2. The Morgan fingerprint density at radius 1 is 1.15 bits per heavy atom. The van der Waals surface area contributed by atoms with Gasteiger partial charge >= 0.3 is 0 Å². The zero-order valence-electron chi connectivity index (χ0n) is 10.8. The third-order valence-electron chi connectivity index (χ3n) is 2.53. The Balaban J connectivity index is 1.70. The summed E-state index contributed by atoms with van der Waals surface area (Å²) in [7, 11) is 0. The lowest BCUT2D eigenvalue weighted by atomic mass is 10.3. The molecule has 5 heteroatoms. The molecule has 0 saturated heterocycles. The van der Waals surface area contributed by atoms with E-state index in [4.69, 9.17) is 22.1 Å². The van der Waals surface area contributed by atoms with Crippen molar-refractivity contribution in [1.82, 2.24) is 0 Å². The summed E-state index contributed by atoms with van der Waals surface area (Å²) in [6, 6.07) is 11.8. The molecule has 0 unspecified atom stereocenters. The summed E-state index contributed by atoms with van der Waals surface area (Å²) in [5.74, 6) is 1.34. The number of thioether (sulfide) groups is 1. The monoisotopic (exact) mass is 311 g/mol. The average Bonchev–Trinajstić information content (AvgIpc) is 2.39. The molecule has 0 amide bonds. The third kappa shape index (κ3) is 4.94. The lowest BCUT2D eigenvalue weighted by Gasteiger charge is -2.06. The molecule has 0 aliphatic rings. The first-order valence-electron chi connectivity index (χ1n) is 6.21. The molecule has 0 saturated carbocycles. The molecule has 0 spiro atoms. The van der Waals surface area contributed by atoms with E-state index < -0.39 is 0 Å². The molecule has 0 radical (unpaired) electrons. The van der Waals surface area contributed by atoms with E-state index in [9.17, 15) is 4.39 Å². The van der Waals surface area contributed by atoms with Crippen LogP contribution in [0.3, 0.4) is 0 Å². The topological polar surface area (TPSA) is 35.2 Å². The first-order chi connectivity index (χ1) is 9.63. The van der Waals surface area contributed by atoms with Crippen LogP contribution >= 0.6 is 23.4 Å². The Morgan fingerprint density at radius 2 is 1.90 bits per heavy atom. The van der Waals surface area contributed by atoms with Crippen molar-refractivity contribution in [2.24, 2.45) is 0 Å². The predicted molar refractivity (Wildman–Crippen MR) is 83.1 cm³/mol. The van der Waals surface area contributed by atoms with Crippen LogP contribution in [-0.4, -0.2) is 12.4 Å². The van der Waals surface area contributed by atoms with E-state index in [1.165, 1.54) is 12.1 Å². The fourth-order valence-electron chi connectivity index (χ4n) is 1.64. The average molecular weight is 312 g/mol. The zero-order valence-corrected chi connectivity index (χ0v) is 12.4. The summed E-state index contributed by atoms with van der Waals surface area (Å²) >= 11 is 7.35. The molecule has 0 heterocycles. The fourth-order valence-corrected chi connectivity index (χ4v) is 2.68. The number of anilines is 1. The van der Waals surface area contributed by atoms with Gasteiger partial charge in [-0.1, -0.05) is 11.6 Å². The number of hydrogen-bond donors (Lipinski definition) is 1. The summed E-state index contributed by atoms with van der Waals surface area (Å²) in [4.78, 5) is 0.842. The highest BCUT2D eigenvalue weighted by atomic mass is 35.5. The molecule has 106 valence electrons. The second-order valence-electron chi connectivity index (χ2n) is 4.22. The van der Waals surface area contributed by atoms with Crippen molar-refractivity contribution in [2.45, 2.75) is 11.3 Å². The van der Waals surface area contributed by atoms with Gasteiger partial charge in [0.25, 0.3) is 0 Å². The molecule has 2 nitrogen and oxygen atoms in total. The number of nitrogens with two attached hydrogens (primary N) is 1. The van der Waals surface area contributed by atoms with Crippen LogP contribution in [0.15, 0.2) is 47.4 Å². The van der Waals surface area contributed by atoms with Gasteiger partial charge in [-0.3, -0.25) is 0 Å². The molecule has 2 rings (SSSR count). The Labute approximate surface area is 127 Å². The van der Waals surface area contributed by atoms with Crippen molar-refractivity contribution in [3.05, 3.63) is 53.3 Å². The van der Waals surface area contributed by atoms with Gasteiger partial charge in [-0.15, -0.1) is 11.8 Å². The Morgan fingerprint density at radius 3 is 2.60 bits per heavy atom. The minimum absolute atomic E-state index is 0.301. The van der Waals surface area contributed by atoms with Crippen LogP contribution in [0.25, 0.3) is 0 Å². The minimum atomic E-state index is -0.301. The maximum atomic E-state index is 13.1. The maximum Gasteiger partial charge on any atom is 0.126 e. The van der Waals surface area contributed by atoms with Crippen LogP contribution in [0.4, 0.5) is 10.1 Å². The summed E-state index contributed by atoms with van der Waals surface area (Å²) in [5.41, 5.74) is 6.04. The first kappa shape index (κ1) is 15.0. The van der Waals surface area contributed by atoms with E-state index in [0.717, 1.165) is 22.8 Å². The maximum absolute atomic E-state index is 13.1. The highest BCUT2D eigenvalue weighted by Gasteiger charge is 2.00. The van der Waals surface area contributed by atoms with E-state index in [2.05, 4.69) is 0 Å². The van der Waals surface area contributed by atoms with Crippen LogP contribution in [-0.2, 0) is 0 Å². The van der Waals surface area contributed by atoms with Gasteiger partial charge in [0.15, 0.2) is 0 Å². The van der Waals surface area contributed by atoms with E-state index in [1.807, 2.05) is 12.1 Å². The zero-order chi connectivity index (χ0) is 14.4. The Bertz CT molecular complexity index is 542. The van der Waals surface area contributed by atoms with E-state index in [1.54, 1.807) is 30.0 Å². The highest BCUT2D eigenvalue weighted by Crippen LogP contribution is 2.23. The smallest absolute Gasteiger partial charge is 0.126 e. The molecule has 0 fully saturated rings. The Hall–Kier alpha value is -1.39. The SMILES string of the molecule is Nc1cc(F)cc(SCCCOc2ccc(Cl)cc2)c1. The molecular formula is C15H15ClFNOS. The third-order valence-corrected chi connectivity index (χ3v) is 3.85. The second kappa shape index (κ2) is 7.41. The summed E-state index contributed by atoms with van der Waals surface area (Å²) in [5, 5.41) is 0.691. The van der Waals surface area contributed by atoms with E-state index in [-0.39, 0.29) is 5.82 Å². The van der Waals surface area contributed by atoms with Crippen LogP contribution in [0.2, 0.25) is 5.02 Å². The van der Waals surface area contributed by atoms with Gasteiger partial charge in [0.1, 0.15) is 11.6 Å². The van der Waals surface area contributed by atoms with Gasteiger partial charge in [-0.05, 0) is 48.9 Å². The van der Waals surface area contributed by atoms with Gasteiger partial charge in [-0.25, -0.2) is 4.39 Å². The second-order valence-corrected chi connectivity index (χ2v) is 5.83. The van der Waals surface area contributed by atoms with Gasteiger partial charge in [0, 0.05) is 21.4 Å². The molecule has 0 aliphatic carbocycles. The lowest BCUT2D eigenvalue weighted by molar-refractivity contribution is 0.319. The van der Waals surface area contributed by atoms with E-state index >= 15 is 0 Å². The van der Waals surface area contributed by atoms with Gasteiger partial charge in [0.2, 0.25) is 0 Å². The number of ether oxygens (including phenoxy) is 1. The Kier molecular flexibility index (Phi) is 5.56. The molecule has 0 aliphatic heterocycles. The molecule has 0 aromatic heterocycles. The van der Waals surface area contributed by atoms with E-state index in [0.29, 0.717) is 17.3 Å². The highest BCUT2D eigenvalue weighted by molar-refractivity contribution is 7.99. The van der Waals surface area contributed by atoms with Crippen LogP contribution < -0.4 is 10.5 Å². The van der Waals surface area contributed by atoms with Crippen molar-refractivity contribution in [3.8, 4) is 5.75 Å². The fraction of sp³-hybridized carbons (Fsp3) is 0.200. The molecular weight excluding hydrogens is 297 g/mol. The number of rotatable bonds is 6. The van der Waals surface area contributed by atoms with Crippen molar-refractivity contribution < 1.29 is 9.13 Å². The van der Waals surface area contributed by atoms with Crippen molar-refractivity contribution in [2.75, 3.05) is 18.1 Å². The van der Waals surface area contributed by atoms with Crippen LogP contribution in [0, 0.1) is 5.82 Å². The van der Waals surface area contributed by atoms with Crippen molar-refractivity contribution in [3.63, 3.8) is 0 Å². The predicted octanol–water partition coefficient (Wildman–Crippen LogP) is 4.62. The van der Waals surface area contributed by atoms with Gasteiger partial charge in [-0.2, -0.15) is 0 Å². The lowest BCUT2D eigenvalue weighted by Crippen LogP contribution is -1.98. The number of hydrogen-bond acceptors (Lipinski definition) is 3. The van der Waals surface area contributed by atoms with Crippen molar-refractivity contribution in [1.29, 1.82) is 0 Å². The molecule has 2 N–H and O–H groups in total. The molecule has 0 bridgehead atoms. The summed E-state index contributed by atoms with van der Waals surface area (Å²) < 4.78 is 18.7. The van der Waals surface area contributed by atoms with Crippen LogP contribution in [0.5, 0.6) is 5.75 Å². The molecule has 0 atom stereocenters. The largest absolute Gasteiger partial charge is 0.494 e. The summed E-state index contributed by atoms with van der Waals surface area (Å²) in [6.45, 7) is 0.611. The molecule has 2 aromatic carbocycles. The molecule has 2 aromatic rings. The van der Waals surface area contributed by atoms with Gasteiger partial charge < -0.3 is 10.5 Å². The number of nitrogen functional groups attached to an aromatic ring is 1. The minimum Gasteiger partial charge on any atom is -0.494 e. The van der Waals surface area contributed by atoms with Crippen LogP contribution in [0.1, 0.15) is 6.42 Å². The summed E-state index contributed by atoms with van der Waals surface area (Å²) in [6.07, 6.45) is 0.865. The number of halogens is 2. The van der Waals surface area contributed by atoms with Gasteiger partial charge in [0.05, 0.1) is 6.61 Å². The normalized spacial score (nSPS) is 10.5. The first-order valence-corrected chi connectivity index (χ1v) is 7.57. The van der Waals surface area contributed by atoms with Crippen molar-refractivity contribution >= 4 is 29.1 Å². The molecule has 20 heavy (non-hydrogen) atoms.